The average molecular weight is 457 g/mol. The largest absolute Gasteiger partial charge is 0.478 e. The minimum Gasteiger partial charge on any atom is -0.478 e. The van der Waals surface area contributed by atoms with E-state index >= 15 is 0 Å². The number of carbonyl (C=O) groups is 4. The van der Waals surface area contributed by atoms with Crippen molar-refractivity contribution in [3.05, 3.63) is 87.7 Å². The van der Waals surface area contributed by atoms with Gasteiger partial charge in [-0.05, 0) is 80.8 Å². The summed E-state index contributed by atoms with van der Waals surface area (Å²) in [5.74, 6) is -2.58. The van der Waals surface area contributed by atoms with Gasteiger partial charge >= 0.3 is 12.0 Å². The molecule has 0 saturated carbocycles. The lowest BCUT2D eigenvalue weighted by Crippen LogP contribution is -2.54. The van der Waals surface area contributed by atoms with E-state index in [0.29, 0.717) is 22.6 Å². The number of amides is 4. The summed E-state index contributed by atoms with van der Waals surface area (Å²) in [6.07, 6.45) is 1.43. The van der Waals surface area contributed by atoms with Crippen molar-refractivity contribution in [1.82, 2.24) is 9.88 Å². The van der Waals surface area contributed by atoms with Crippen LogP contribution < -0.4 is 10.2 Å². The predicted octanol–water partition coefficient (Wildman–Crippen LogP) is 4.08. The van der Waals surface area contributed by atoms with Gasteiger partial charge in [-0.25, -0.2) is 14.5 Å². The van der Waals surface area contributed by atoms with Crippen LogP contribution in [-0.2, 0) is 9.59 Å². The topological polar surface area (TPSA) is 109 Å². The number of aromatic nitrogens is 1. The Balaban J connectivity index is 1.80. The fourth-order valence-electron chi connectivity index (χ4n) is 4.07. The normalized spacial score (nSPS) is 15.1. The molecule has 8 nitrogen and oxygen atoms in total. The Kier molecular flexibility index (Phi) is 5.66. The summed E-state index contributed by atoms with van der Waals surface area (Å²) in [5.41, 5.74) is 4.62. The van der Waals surface area contributed by atoms with Crippen LogP contribution in [0.25, 0.3) is 11.8 Å². The molecule has 1 aliphatic heterocycles. The van der Waals surface area contributed by atoms with Crippen LogP contribution >= 0.6 is 0 Å². The van der Waals surface area contributed by atoms with Gasteiger partial charge in [-0.15, -0.1) is 0 Å². The van der Waals surface area contributed by atoms with Gasteiger partial charge in [0.15, 0.2) is 0 Å². The molecule has 172 valence electrons. The van der Waals surface area contributed by atoms with E-state index in [1.165, 1.54) is 12.1 Å². The van der Waals surface area contributed by atoms with E-state index < -0.39 is 23.8 Å². The van der Waals surface area contributed by atoms with Gasteiger partial charge < -0.3 is 9.67 Å². The Morgan fingerprint density at radius 3 is 2.32 bits per heavy atom. The molecule has 0 aliphatic carbocycles. The van der Waals surface area contributed by atoms with Gasteiger partial charge in [-0.2, -0.15) is 0 Å². The number of hydrogen-bond donors (Lipinski definition) is 2. The van der Waals surface area contributed by atoms with Crippen LogP contribution in [0, 0.1) is 27.7 Å². The molecule has 8 heteroatoms. The first-order valence-corrected chi connectivity index (χ1v) is 10.6. The minimum atomic E-state index is -1.06. The molecule has 1 saturated heterocycles. The second-order valence-corrected chi connectivity index (χ2v) is 8.21. The second-order valence-electron chi connectivity index (χ2n) is 8.21. The van der Waals surface area contributed by atoms with E-state index in [9.17, 15) is 24.3 Å². The monoisotopic (exact) mass is 457 g/mol. The van der Waals surface area contributed by atoms with Crippen LogP contribution in [0.5, 0.6) is 0 Å². The predicted molar refractivity (Wildman–Crippen MR) is 127 cm³/mol. The maximum atomic E-state index is 13.3. The number of aromatic carboxylic acids is 1. The molecule has 2 aromatic carbocycles. The van der Waals surface area contributed by atoms with E-state index in [2.05, 4.69) is 5.32 Å². The third kappa shape index (κ3) is 3.79. The maximum absolute atomic E-state index is 13.3. The van der Waals surface area contributed by atoms with Crippen molar-refractivity contribution in [1.29, 1.82) is 0 Å². The Labute approximate surface area is 196 Å². The molecule has 4 rings (SSSR count). The molecule has 2 heterocycles. The van der Waals surface area contributed by atoms with Crippen molar-refractivity contribution < 1.29 is 24.3 Å². The van der Waals surface area contributed by atoms with Crippen molar-refractivity contribution in [3.8, 4) is 5.69 Å². The first-order valence-electron chi connectivity index (χ1n) is 10.6. The summed E-state index contributed by atoms with van der Waals surface area (Å²) in [4.78, 5) is 51.0. The number of imide groups is 2. The number of para-hydroxylation sites is 1. The van der Waals surface area contributed by atoms with Crippen molar-refractivity contribution in [2.45, 2.75) is 27.7 Å². The maximum Gasteiger partial charge on any atom is 0.337 e. The zero-order chi connectivity index (χ0) is 24.7. The second kappa shape index (κ2) is 8.47. The van der Waals surface area contributed by atoms with E-state index in [0.717, 1.165) is 21.7 Å². The van der Waals surface area contributed by atoms with Gasteiger partial charge in [0.2, 0.25) is 0 Å². The van der Waals surface area contributed by atoms with Gasteiger partial charge in [0.05, 0.1) is 16.9 Å². The highest BCUT2D eigenvalue weighted by molar-refractivity contribution is 6.39. The highest BCUT2D eigenvalue weighted by Gasteiger charge is 2.37. The molecule has 1 aliphatic rings. The van der Waals surface area contributed by atoms with Gasteiger partial charge in [-0.1, -0.05) is 18.2 Å². The van der Waals surface area contributed by atoms with Gasteiger partial charge in [0.25, 0.3) is 11.8 Å². The van der Waals surface area contributed by atoms with E-state index in [1.807, 2.05) is 13.8 Å². The number of aryl methyl sites for hydroxylation is 3. The lowest BCUT2D eigenvalue weighted by molar-refractivity contribution is -0.122. The number of nitrogens with zero attached hydrogens (tertiary/aromatic N) is 2. The number of carbonyl (C=O) groups excluding carboxylic acids is 3. The lowest BCUT2D eigenvalue weighted by Gasteiger charge is -2.26. The van der Waals surface area contributed by atoms with Crippen LogP contribution in [0.3, 0.4) is 0 Å². The van der Waals surface area contributed by atoms with Crippen LogP contribution in [0.4, 0.5) is 10.5 Å². The van der Waals surface area contributed by atoms with Crippen molar-refractivity contribution in [2.24, 2.45) is 0 Å². The molecule has 1 aromatic heterocycles. The number of benzene rings is 2. The molecule has 0 atom stereocenters. The summed E-state index contributed by atoms with van der Waals surface area (Å²) >= 11 is 0. The van der Waals surface area contributed by atoms with Crippen LogP contribution in [-0.4, -0.2) is 33.5 Å². The molecule has 34 heavy (non-hydrogen) atoms. The number of nitrogens with one attached hydrogen (secondary N) is 1. The molecule has 1 fully saturated rings. The average Bonchev–Trinajstić information content (AvgIpc) is 3.06. The molecule has 0 unspecified atom stereocenters. The van der Waals surface area contributed by atoms with Gasteiger partial charge in [0.1, 0.15) is 5.57 Å². The molecule has 4 amide bonds. The van der Waals surface area contributed by atoms with Crippen LogP contribution in [0.2, 0.25) is 0 Å². The Hall–Kier alpha value is -4.46. The number of rotatable bonds is 4. The molecule has 0 radical (unpaired) electrons. The first-order chi connectivity index (χ1) is 16.1. The molecule has 3 aromatic rings. The number of carboxylic acids is 1. The molecule has 0 bridgehead atoms. The Morgan fingerprint density at radius 2 is 1.65 bits per heavy atom. The SMILES string of the molecule is Cc1ccc(N2C(=O)NC(=O)/C(=C\c3cc(C)n(-c4ccccc4C(=O)O)c3C)C2=O)cc1C. The van der Waals surface area contributed by atoms with Crippen molar-refractivity contribution >= 4 is 35.6 Å². The minimum absolute atomic E-state index is 0.126. The highest BCUT2D eigenvalue weighted by Crippen LogP contribution is 2.28. The molecular formula is C26H23N3O5. The highest BCUT2D eigenvalue weighted by atomic mass is 16.4. The Bertz CT molecular complexity index is 1410. The fourth-order valence-corrected chi connectivity index (χ4v) is 4.07. The zero-order valence-electron chi connectivity index (χ0n) is 19.2. The van der Waals surface area contributed by atoms with E-state index in [-0.39, 0.29) is 11.1 Å². The van der Waals surface area contributed by atoms with Gasteiger partial charge in [-0.3, -0.25) is 14.9 Å². The third-order valence-corrected chi connectivity index (χ3v) is 6.00. The molecule has 0 spiro atoms. The quantitative estimate of drug-likeness (QED) is 0.453. The summed E-state index contributed by atoms with van der Waals surface area (Å²) in [7, 11) is 0. The molecule has 2 N–H and O–H groups in total. The van der Waals surface area contributed by atoms with E-state index in [1.54, 1.807) is 60.9 Å². The van der Waals surface area contributed by atoms with Crippen LogP contribution in [0.1, 0.15) is 38.4 Å². The number of carboxylic acid groups (broad SMARTS) is 1. The smallest absolute Gasteiger partial charge is 0.337 e. The van der Waals surface area contributed by atoms with Crippen molar-refractivity contribution in [2.75, 3.05) is 4.90 Å². The number of hydrogen-bond acceptors (Lipinski definition) is 4. The number of urea groups is 1. The number of barbiturate groups is 1. The molecular weight excluding hydrogens is 434 g/mol. The first kappa shape index (κ1) is 22.7. The Morgan fingerprint density at radius 1 is 0.941 bits per heavy atom. The third-order valence-electron chi connectivity index (χ3n) is 6.00. The van der Waals surface area contributed by atoms with Crippen LogP contribution in [0.15, 0.2) is 54.1 Å². The standard InChI is InChI=1S/C26H23N3O5/c1-14-9-10-19(11-15(14)2)29-24(31)21(23(30)27-26(29)34)13-18-12-16(3)28(17(18)4)22-8-6-5-7-20(22)25(32)33/h5-13H,1-4H3,(H,32,33)(H,27,30,34)/b21-13+. The van der Waals surface area contributed by atoms with Gasteiger partial charge in [0, 0.05) is 11.4 Å². The summed E-state index contributed by atoms with van der Waals surface area (Å²) in [5, 5.41) is 11.8. The number of anilines is 1. The summed E-state index contributed by atoms with van der Waals surface area (Å²) in [6, 6.07) is 12.7. The fraction of sp³-hybridized carbons (Fsp3) is 0.154. The zero-order valence-corrected chi connectivity index (χ0v) is 19.2. The van der Waals surface area contributed by atoms with E-state index in [4.69, 9.17) is 0 Å². The summed E-state index contributed by atoms with van der Waals surface area (Å²) in [6.45, 7) is 7.37. The van der Waals surface area contributed by atoms with Crippen molar-refractivity contribution in [3.63, 3.8) is 0 Å². The summed E-state index contributed by atoms with van der Waals surface area (Å²) < 4.78 is 1.76. The lowest BCUT2D eigenvalue weighted by atomic mass is 10.1.